The van der Waals surface area contributed by atoms with E-state index in [1.807, 2.05) is 20.0 Å². The molecule has 2 heterocycles. The normalized spacial score (nSPS) is 17.5. The second kappa shape index (κ2) is 6.05. The van der Waals surface area contributed by atoms with E-state index in [-0.39, 0.29) is 0 Å². The zero-order valence-corrected chi connectivity index (χ0v) is 14.2. The van der Waals surface area contributed by atoms with E-state index in [1.54, 1.807) is 6.07 Å². The monoisotopic (exact) mass is 364 g/mol. The molecule has 0 amide bonds. The van der Waals surface area contributed by atoms with Crippen molar-refractivity contribution in [2.45, 2.75) is 24.8 Å². The Morgan fingerprint density at radius 1 is 1.53 bits per heavy atom. The molecule has 0 atom stereocenters. The summed E-state index contributed by atoms with van der Waals surface area (Å²) in [7, 11) is -1.54. The summed E-state index contributed by atoms with van der Waals surface area (Å²) in [5, 5.41) is 3.03. The molecule has 0 radical (unpaired) electrons. The Morgan fingerprint density at radius 2 is 2.26 bits per heavy atom. The highest BCUT2D eigenvalue weighted by Crippen LogP contribution is 2.34. The van der Waals surface area contributed by atoms with E-state index < -0.39 is 10.0 Å². The van der Waals surface area contributed by atoms with Crippen LogP contribution in [0, 0.1) is 0 Å². The van der Waals surface area contributed by atoms with E-state index in [1.165, 1.54) is 21.2 Å². The van der Waals surface area contributed by atoms with Gasteiger partial charge in [0, 0.05) is 24.5 Å². The summed E-state index contributed by atoms with van der Waals surface area (Å²) in [6.07, 6.45) is 2.79. The lowest BCUT2D eigenvalue weighted by atomic mass is 10.1. The number of hydrogen-bond acceptors (Lipinski definition) is 4. The Morgan fingerprint density at radius 3 is 2.84 bits per heavy atom. The molecule has 2 rings (SSSR count). The van der Waals surface area contributed by atoms with Gasteiger partial charge in [0.1, 0.15) is 4.90 Å². The fourth-order valence-corrected chi connectivity index (χ4v) is 5.97. The van der Waals surface area contributed by atoms with Crippen molar-refractivity contribution in [1.82, 2.24) is 9.62 Å². The molecular weight excluding hydrogens is 348 g/mol. The molecule has 1 N–H and O–H groups in total. The second-order valence-corrected chi connectivity index (χ2v) is 8.91. The van der Waals surface area contributed by atoms with Crippen LogP contribution in [0.1, 0.15) is 18.2 Å². The van der Waals surface area contributed by atoms with Gasteiger partial charge < -0.3 is 5.32 Å². The van der Waals surface area contributed by atoms with Crippen LogP contribution in [0.4, 0.5) is 0 Å². The highest BCUT2D eigenvalue weighted by Gasteiger charge is 2.28. The molecule has 1 aromatic rings. The first-order chi connectivity index (χ1) is 8.95. The minimum atomic E-state index is -3.39. The van der Waals surface area contributed by atoms with Crippen molar-refractivity contribution in [2.24, 2.45) is 0 Å². The zero-order chi connectivity index (χ0) is 14.0. The highest BCUT2D eigenvalue weighted by molar-refractivity contribution is 9.11. The first-order valence-corrected chi connectivity index (χ1v) is 9.08. The zero-order valence-electron chi connectivity index (χ0n) is 10.9. The molecule has 0 fully saturated rings. The fourth-order valence-electron chi connectivity index (χ4n) is 1.94. The molecule has 1 aromatic heterocycles. The SMILES string of the molecule is CNCc1cc(S(=O)(=O)N2CC=C(C)CC2)c(Br)s1. The Bertz CT molecular complexity index is 593. The lowest BCUT2D eigenvalue weighted by molar-refractivity contribution is 0.431. The Kier molecular flexibility index (Phi) is 4.84. The van der Waals surface area contributed by atoms with Crippen molar-refractivity contribution < 1.29 is 8.42 Å². The van der Waals surface area contributed by atoms with Gasteiger partial charge in [-0.05, 0) is 42.4 Å². The van der Waals surface area contributed by atoms with Gasteiger partial charge in [-0.3, -0.25) is 0 Å². The quantitative estimate of drug-likeness (QED) is 0.835. The lowest BCUT2D eigenvalue weighted by Gasteiger charge is -2.24. The smallest absolute Gasteiger partial charge is 0.245 e. The van der Waals surface area contributed by atoms with E-state index >= 15 is 0 Å². The molecule has 0 spiro atoms. The molecule has 0 aromatic carbocycles. The van der Waals surface area contributed by atoms with E-state index in [0.29, 0.717) is 28.3 Å². The molecule has 7 heteroatoms. The van der Waals surface area contributed by atoms with Gasteiger partial charge in [0.15, 0.2) is 0 Å². The topological polar surface area (TPSA) is 49.4 Å². The molecular formula is C12H17BrN2O2S2. The van der Waals surface area contributed by atoms with Gasteiger partial charge in [0.25, 0.3) is 0 Å². The van der Waals surface area contributed by atoms with Crippen molar-refractivity contribution in [3.63, 3.8) is 0 Å². The van der Waals surface area contributed by atoms with Crippen LogP contribution < -0.4 is 5.32 Å². The van der Waals surface area contributed by atoms with Gasteiger partial charge >= 0.3 is 0 Å². The van der Waals surface area contributed by atoms with Gasteiger partial charge in [-0.25, -0.2) is 8.42 Å². The highest BCUT2D eigenvalue weighted by atomic mass is 79.9. The van der Waals surface area contributed by atoms with Crippen LogP contribution in [0.25, 0.3) is 0 Å². The van der Waals surface area contributed by atoms with Gasteiger partial charge in [-0.1, -0.05) is 11.6 Å². The van der Waals surface area contributed by atoms with E-state index in [0.717, 1.165) is 11.3 Å². The van der Waals surface area contributed by atoms with Gasteiger partial charge in [0.05, 0.1) is 3.79 Å². The number of nitrogens with one attached hydrogen (secondary N) is 1. The maximum atomic E-state index is 12.6. The minimum absolute atomic E-state index is 0.385. The molecule has 19 heavy (non-hydrogen) atoms. The summed E-state index contributed by atoms with van der Waals surface area (Å²) >= 11 is 4.83. The van der Waals surface area contributed by atoms with Crippen molar-refractivity contribution in [3.8, 4) is 0 Å². The van der Waals surface area contributed by atoms with Crippen molar-refractivity contribution in [2.75, 3.05) is 20.1 Å². The molecule has 1 aliphatic rings. The molecule has 0 unspecified atom stereocenters. The summed E-state index contributed by atoms with van der Waals surface area (Å²) in [6, 6.07) is 1.76. The lowest BCUT2D eigenvalue weighted by Crippen LogP contribution is -2.34. The molecule has 106 valence electrons. The third kappa shape index (κ3) is 3.28. The third-order valence-electron chi connectivity index (χ3n) is 3.07. The maximum absolute atomic E-state index is 12.6. The summed E-state index contributed by atoms with van der Waals surface area (Å²) in [5.74, 6) is 0. The number of sulfonamides is 1. The summed E-state index contributed by atoms with van der Waals surface area (Å²) in [4.78, 5) is 1.40. The van der Waals surface area contributed by atoms with Crippen LogP contribution >= 0.6 is 27.3 Å². The van der Waals surface area contributed by atoms with E-state index in [2.05, 4.69) is 21.2 Å². The predicted octanol–water partition coefficient (Wildman–Crippen LogP) is 2.57. The number of thiophene rings is 1. The summed E-state index contributed by atoms with van der Waals surface area (Å²) < 4.78 is 27.4. The average Bonchev–Trinajstić information content (AvgIpc) is 2.72. The Labute approximate surface area is 126 Å². The van der Waals surface area contributed by atoms with Crippen molar-refractivity contribution >= 4 is 37.3 Å². The molecule has 0 saturated heterocycles. The third-order valence-corrected chi connectivity index (χ3v) is 7.19. The van der Waals surface area contributed by atoms with Gasteiger partial charge in [0.2, 0.25) is 10.0 Å². The van der Waals surface area contributed by atoms with Crippen LogP contribution in [-0.4, -0.2) is 32.9 Å². The first kappa shape index (κ1) is 15.2. The molecule has 0 saturated carbocycles. The van der Waals surface area contributed by atoms with Crippen LogP contribution in [0.5, 0.6) is 0 Å². The standard InChI is InChI=1S/C12H17BrN2O2S2/c1-9-3-5-15(6-4-9)19(16,17)11-7-10(8-14-2)18-12(11)13/h3,7,14H,4-6,8H2,1-2H3. The van der Waals surface area contributed by atoms with Crippen molar-refractivity contribution in [3.05, 3.63) is 26.4 Å². The maximum Gasteiger partial charge on any atom is 0.245 e. The van der Waals surface area contributed by atoms with E-state index in [9.17, 15) is 8.42 Å². The Hall–Kier alpha value is -0.210. The van der Waals surface area contributed by atoms with Crippen LogP contribution in [0.3, 0.4) is 0 Å². The number of hydrogen-bond donors (Lipinski definition) is 1. The number of halogens is 1. The predicted molar refractivity (Wildman–Crippen MR) is 81.9 cm³/mol. The molecule has 0 bridgehead atoms. The van der Waals surface area contributed by atoms with Crippen molar-refractivity contribution in [1.29, 1.82) is 0 Å². The fraction of sp³-hybridized carbons (Fsp3) is 0.500. The van der Waals surface area contributed by atoms with Crippen LogP contribution in [0.2, 0.25) is 0 Å². The number of rotatable bonds is 4. The summed E-state index contributed by atoms with van der Waals surface area (Å²) in [5.41, 5.74) is 1.26. The van der Waals surface area contributed by atoms with Gasteiger partial charge in [-0.2, -0.15) is 4.31 Å². The van der Waals surface area contributed by atoms with Crippen LogP contribution in [0.15, 0.2) is 26.4 Å². The van der Waals surface area contributed by atoms with Gasteiger partial charge in [-0.15, -0.1) is 11.3 Å². The second-order valence-electron chi connectivity index (χ2n) is 4.54. The Balaban J connectivity index is 2.29. The summed E-state index contributed by atoms with van der Waals surface area (Å²) in [6.45, 7) is 3.75. The average molecular weight is 365 g/mol. The minimum Gasteiger partial charge on any atom is -0.315 e. The molecule has 1 aliphatic heterocycles. The molecule has 0 aliphatic carbocycles. The number of nitrogens with zero attached hydrogens (tertiary/aromatic N) is 1. The first-order valence-electron chi connectivity index (χ1n) is 6.03. The largest absolute Gasteiger partial charge is 0.315 e. The molecule has 4 nitrogen and oxygen atoms in total. The van der Waals surface area contributed by atoms with Crippen LogP contribution in [-0.2, 0) is 16.6 Å². The van der Waals surface area contributed by atoms with E-state index in [4.69, 9.17) is 0 Å².